The molecule has 59 heavy (non-hydrogen) atoms. The molecule has 1 spiro atoms. The Morgan fingerprint density at radius 3 is 2.03 bits per heavy atom. The highest BCUT2D eigenvalue weighted by atomic mass is 16.3. The van der Waals surface area contributed by atoms with Crippen molar-refractivity contribution in [2.24, 2.45) is 5.41 Å². The van der Waals surface area contributed by atoms with E-state index in [0.29, 0.717) is 24.8 Å². The minimum atomic E-state index is -0.990. The Labute approximate surface area is 344 Å². The number of aromatic hydroxyl groups is 1. The average Bonchev–Trinajstić information content (AvgIpc) is 3.75. The summed E-state index contributed by atoms with van der Waals surface area (Å²) < 4.78 is 0. The fourth-order valence-corrected chi connectivity index (χ4v) is 11.0. The molecule has 0 aromatic heterocycles. The SMILES string of the molecule is O=C1CCC(N2C(=O)c3cc4c(cc3C2=O)CN(CC(=O)N2CCC3(CC2)CCN(c2ccc([C@H]5c6ccc(O)cc6CC[C@H]5c5ccccc5)cc2)CC3)C4)C(=O)N1. The highest BCUT2D eigenvalue weighted by Gasteiger charge is 2.46. The van der Waals surface area contributed by atoms with Gasteiger partial charge in [-0.25, -0.2) is 0 Å². The predicted octanol–water partition coefficient (Wildman–Crippen LogP) is 5.88. The van der Waals surface area contributed by atoms with Crippen LogP contribution < -0.4 is 10.2 Å². The fourth-order valence-electron chi connectivity index (χ4n) is 11.0. The largest absolute Gasteiger partial charge is 0.508 e. The van der Waals surface area contributed by atoms with E-state index >= 15 is 0 Å². The first kappa shape index (κ1) is 37.5. The topological polar surface area (TPSA) is 131 Å². The first-order valence-corrected chi connectivity index (χ1v) is 21.2. The number of anilines is 1. The Bertz CT molecular complexity index is 2320. The summed E-state index contributed by atoms with van der Waals surface area (Å²) in [5, 5.41) is 12.5. The van der Waals surface area contributed by atoms with Crippen molar-refractivity contribution in [3.63, 3.8) is 0 Å². The zero-order valence-corrected chi connectivity index (χ0v) is 33.2. The molecule has 1 aliphatic carbocycles. The number of piperidine rings is 3. The molecule has 11 nitrogen and oxygen atoms in total. The maximum Gasteiger partial charge on any atom is 0.262 e. The normalized spacial score (nSPS) is 23.9. The van der Waals surface area contributed by atoms with Crippen LogP contribution in [-0.2, 0) is 33.9 Å². The number of imide groups is 2. The summed E-state index contributed by atoms with van der Waals surface area (Å²) in [6.07, 6.45) is 6.43. The average molecular weight is 792 g/mol. The maximum absolute atomic E-state index is 13.6. The molecule has 4 aromatic rings. The molecule has 5 amide bonds. The number of likely N-dealkylation sites (tertiary alicyclic amines) is 1. The van der Waals surface area contributed by atoms with E-state index < -0.39 is 29.7 Å². The van der Waals surface area contributed by atoms with E-state index in [1.54, 1.807) is 12.1 Å². The number of fused-ring (bicyclic) bond motifs is 3. The second-order valence-electron chi connectivity index (χ2n) is 17.6. The summed E-state index contributed by atoms with van der Waals surface area (Å²) in [6.45, 7) is 4.80. The number of aryl methyl sites for hydroxylation is 1. The molecule has 11 heteroatoms. The van der Waals surface area contributed by atoms with Crippen molar-refractivity contribution in [3.8, 4) is 5.75 Å². The van der Waals surface area contributed by atoms with E-state index in [1.165, 1.54) is 27.9 Å². The smallest absolute Gasteiger partial charge is 0.262 e. The van der Waals surface area contributed by atoms with Gasteiger partial charge in [-0.2, -0.15) is 0 Å². The van der Waals surface area contributed by atoms with Crippen molar-refractivity contribution in [2.45, 2.75) is 82.3 Å². The summed E-state index contributed by atoms with van der Waals surface area (Å²) in [4.78, 5) is 72.0. The minimum absolute atomic E-state index is 0.0809. The van der Waals surface area contributed by atoms with Crippen LogP contribution in [0, 0.1) is 5.41 Å². The first-order chi connectivity index (χ1) is 28.6. The van der Waals surface area contributed by atoms with E-state index in [2.05, 4.69) is 75.8 Å². The number of benzene rings is 4. The van der Waals surface area contributed by atoms with Crippen molar-refractivity contribution in [3.05, 3.63) is 129 Å². The van der Waals surface area contributed by atoms with Crippen LogP contribution in [0.5, 0.6) is 5.75 Å². The zero-order chi connectivity index (χ0) is 40.4. The summed E-state index contributed by atoms with van der Waals surface area (Å²) in [5.74, 6) is -0.992. The molecule has 3 saturated heterocycles. The van der Waals surface area contributed by atoms with Crippen LogP contribution in [0.4, 0.5) is 5.69 Å². The maximum atomic E-state index is 13.6. The van der Waals surface area contributed by atoms with Gasteiger partial charge in [-0.15, -0.1) is 0 Å². The van der Waals surface area contributed by atoms with Crippen LogP contribution in [0.1, 0.15) is 111 Å². The number of carbonyl (C=O) groups is 5. The van der Waals surface area contributed by atoms with Gasteiger partial charge in [-0.3, -0.25) is 39.1 Å². The lowest BCUT2D eigenvalue weighted by Crippen LogP contribution is -2.54. The number of amides is 5. The summed E-state index contributed by atoms with van der Waals surface area (Å²) in [5.41, 5.74) is 9.12. The molecule has 4 aromatic carbocycles. The molecular formula is C48H49N5O6. The summed E-state index contributed by atoms with van der Waals surface area (Å²) in [7, 11) is 0. The molecule has 0 radical (unpaired) electrons. The molecule has 3 atom stereocenters. The van der Waals surface area contributed by atoms with Gasteiger partial charge in [-0.1, -0.05) is 48.5 Å². The number of phenolic OH excluding ortho intramolecular Hbond substituents is 1. The molecule has 1 unspecified atom stereocenters. The second-order valence-corrected chi connectivity index (χ2v) is 17.6. The third kappa shape index (κ3) is 6.79. The van der Waals surface area contributed by atoms with Crippen LogP contribution in [0.2, 0.25) is 0 Å². The molecule has 5 aliphatic heterocycles. The van der Waals surface area contributed by atoms with Crippen molar-refractivity contribution in [2.75, 3.05) is 37.6 Å². The summed E-state index contributed by atoms with van der Waals surface area (Å²) in [6, 6.07) is 28.4. The monoisotopic (exact) mass is 791 g/mol. The van der Waals surface area contributed by atoms with Gasteiger partial charge in [0.25, 0.3) is 11.8 Å². The van der Waals surface area contributed by atoms with Crippen LogP contribution >= 0.6 is 0 Å². The first-order valence-electron chi connectivity index (χ1n) is 21.2. The number of nitrogens with one attached hydrogen (secondary N) is 1. The van der Waals surface area contributed by atoms with Crippen LogP contribution in [0.15, 0.2) is 84.9 Å². The Kier molecular flexibility index (Phi) is 9.38. The predicted molar refractivity (Wildman–Crippen MR) is 221 cm³/mol. The van der Waals surface area contributed by atoms with Gasteiger partial charge < -0.3 is 14.9 Å². The Morgan fingerprint density at radius 1 is 0.712 bits per heavy atom. The fraction of sp³-hybridized carbons (Fsp3) is 0.396. The van der Waals surface area contributed by atoms with Gasteiger partial charge in [0.2, 0.25) is 17.7 Å². The van der Waals surface area contributed by atoms with Gasteiger partial charge in [0.05, 0.1) is 17.7 Å². The highest BCUT2D eigenvalue weighted by molar-refractivity contribution is 6.23. The third-order valence-corrected chi connectivity index (χ3v) is 14.3. The Morgan fingerprint density at radius 2 is 1.37 bits per heavy atom. The van der Waals surface area contributed by atoms with Crippen molar-refractivity contribution >= 4 is 35.2 Å². The lowest BCUT2D eigenvalue weighted by atomic mass is 9.69. The van der Waals surface area contributed by atoms with E-state index in [-0.39, 0.29) is 47.8 Å². The Hall–Kier alpha value is -5.81. The molecule has 0 bridgehead atoms. The van der Waals surface area contributed by atoms with Gasteiger partial charge in [0.1, 0.15) is 11.8 Å². The molecular weight excluding hydrogens is 743 g/mol. The van der Waals surface area contributed by atoms with Crippen LogP contribution in [0.3, 0.4) is 0 Å². The molecule has 6 aliphatic rings. The van der Waals surface area contributed by atoms with Crippen molar-refractivity contribution in [1.82, 2.24) is 20.0 Å². The van der Waals surface area contributed by atoms with Gasteiger partial charge in [0, 0.05) is 57.3 Å². The van der Waals surface area contributed by atoms with E-state index in [1.807, 2.05) is 17.0 Å². The third-order valence-electron chi connectivity index (χ3n) is 14.3. The minimum Gasteiger partial charge on any atom is -0.508 e. The van der Waals surface area contributed by atoms with Gasteiger partial charge in [-0.05, 0) is 126 Å². The molecule has 302 valence electrons. The molecule has 3 fully saturated rings. The number of hydrogen-bond acceptors (Lipinski definition) is 8. The lowest BCUT2D eigenvalue weighted by Gasteiger charge is -2.47. The van der Waals surface area contributed by atoms with Gasteiger partial charge in [0.15, 0.2) is 0 Å². The van der Waals surface area contributed by atoms with E-state index in [4.69, 9.17) is 0 Å². The van der Waals surface area contributed by atoms with E-state index in [0.717, 1.165) is 80.7 Å². The zero-order valence-electron chi connectivity index (χ0n) is 33.2. The number of nitrogens with zero attached hydrogens (tertiary/aromatic N) is 4. The highest BCUT2D eigenvalue weighted by Crippen LogP contribution is 2.48. The molecule has 0 saturated carbocycles. The van der Waals surface area contributed by atoms with Crippen LogP contribution in [0.25, 0.3) is 0 Å². The standard InChI is InChI=1S/C48H49N5O6/c54-36-11-13-38-32(24-36)8-12-37(30-4-2-1-3-5-30)44(38)31-6-9-35(10-7-31)51-20-16-48(17-21-51)18-22-52(23-19-48)43(56)29-50-27-33-25-39-40(26-34(33)28-50)47(59)53(46(39)58)41-14-15-42(55)49-45(41)57/h1-7,9-11,13,24-26,37,41,44,54H,8,12,14-23,27-29H2,(H,49,55,57)/t37-,41?,44+/m0/s1. The number of phenols is 1. The van der Waals surface area contributed by atoms with Crippen LogP contribution in [-0.4, -0.2) is 88.1 Å². The lowest BCUT2D eigenvalue weighted by molar-refractivity contribution is -0.137. The number of rotatable bonds is 6. The number of carbonyl (C=O) groups excluding carboxylic acids is 5. The second kappa shape index (κ2) is 14.8. The van der Waals surface area contributed by atoms with Crippen molar-refractivity contribution < 1.29 is 29.1 Å². The Balaban J connectivity index is 0.732. The van der Waals surface area contributed by atoms with Crippen molar-refractivity contribution in [1.29, 1.82) is 0 Å². The number of hydrogen-bond donors (Lipinski definition) is 2. The van der Waals surface area contributed by atoms with E-state index in [9.17, 15) is 29.1 Å². The molecule has 5 heterocycles. The van der Waals surface area contributed by atoms with Gasteiger partial charge >= 0.3 is 0 Å². The molecule has 10 rings (SSSR count). The summed E-state index contributed by atoms with van der Waals surface area (Å²) >= 11 is 0. The molecule has 2 N–H and O–H groups in total. The quantitative estimate of drug-likeness (QED) is 0.232.